The van der Waals surface area contributed by atoms with Crippen molar-refractivity contribution in [2.45, 2.75) is 51.9 Å². The van der Waals surface area contributed by atoms with Crippen molar-refractivity contribution >= 4 is 11.8 Å². The molecule has 2 saturated heterocycles. The van der Waals surface area contributed by atoms with Crippen molar-refractivity contribution in [1.29, 1.82) is 0 Å². The summed E-state index contributed by atoms with van der Waals surface area (Å²) in [4.78, 5) is 30.0. The molecule has 2 heterocycles. The maximum absolute atomic E-state index is 13.1. The lowest BCUT2D eigenvalue weighted by molar-refractivity contribution is -0.135. The predicted molar refractivity (Wildman–Crippen MR) is 112 cm³/mol. The third kappa shape index (κ3) is 4.93. The molecule has 0 bridgehead atoms. The predicted octanol–water partition coefficient (Wildman–Crippen LogP) is 2.72. The highest BCUT2D eigenvalue weighted by molar-refractivity contribution is 5.89. The van der Waals surface area contributed by atoms with E-state index in [0.717, 1.165) is 31.6 Å². The van der Waals surface area contributed by atoms with Crippen LogP contribution in [0.3, 0.4) is 0 Å². The van der Waals surface area contributed by atoms with Crippen molar-refractivity contribution in [1.82, 2.24) is 15.1 Å². The molecule has 0 unspecified atom stereocenters. The van der Waals surface area contributed by atoms with Crippen molar-refractivity contribution < 1.29 is 9.59 Å². The van der Waals surface area contributed by atoms with Crippen molar-refractivity contribution in [3.8, 4) is 0 Å². The van der Waals surface area contributed by atoms with E-state index in [0.29, 0.717) is 19.6 Å². The molecule has 2 aliphatic rings. The highest BCUT2D eigenvalue weighted by Crippen LogP contribution is 2.29. The molecule has 0 radical (unpaired) electrons. The number of likely N-dealkylation sites (tertiary alicyclic amines) is 2. The molecular formula is C23H35N3O2. The molecule has 0 saturated carbocycles. The third-order valence-corrected chi connectivity index (χ3v) is 6.33. The molecule has 1 aromatic rings. The first kappa shape index (κ1) is 20.8. The molecule has 2 amide bonds. The van der Waals surface area contributed by atoms with Crippen LogP contribution < -0.4 is 5.32 Å². The molecule has 1 aromatic carbocycles. The topological polar surface area (TPSA) is 52.7 Å². The van der Waals surface area contributed by atoms with Gasteiger partial charge in [-0.15, -0.1) is 0 Å². The molecule has 2 fully saturated rings. The zero-order valence-corrected chi connectivity index (χ0v) is 17.7. The van der Waals surface area contributed by atoms with Crippen LogP contribution in [0.2, 0.25) is 0 Å². The van der Waals surface area contributed by atoms with Crippen LogP contribution >= 0.6 is 0 Å². The summed E-state index contributed by atoms with van der Waals surface area (Å²) in [5, 5.41) is 3.09. The van der Waals surface area contributed by atoms with E-state index in [1.54, 1.807) is 0 Å². The molecule has 154 valence electrons. The molecule has 5 nitrogen and oxygen atoms in total. The smallest absolute Gasteiger partial charge is 0.232 e. The number of amides is 2. The second-order valence-corrected chi connectivity index (χ2v) is 8.92. The van der Waals surface area contributed by atoms with Gasteiger partial charge in [-0.3, -0.25) is 9.59 Å². The van der Waals surface area contributed by atoms with E-state index >= 15 is 0 Å². The zero-order valence-electron chi connectivity index (χ0n) is 17.7. The summed E-state index contributed by atoms with van der Waals surface area (Å²) in [6.07, 6.45) is 4.62. The van der Waals surface area contributed by atoms with E-state index in [9.17, 15) is 9.59 Å². The fraction of sp³-hybridized carbons (Fsp3) is 0.652. The number of piperidine rings is 1. The van der Waals surface area contributed by atoms with Crippen molar-refractivity contribution in [3.05, 3.63) is 35.4 Å². The molecule has 5 heteroatoms. The number of hydrogen-bond acceptors (Lipinski definition) is 3. The fourth-order valence-corrected chi connectivity index (χ4v) is 4.31. The van der Waals surface area contributed by atoms with Gasteiger partial charge in [0, 0.05) is 26.2 Å². The molecule has 0 spiro atoms. The van der Waals surface area contributed by atoms with E-state index in [4.69, 9.17) is 0 Å². The highest BCUT2D eigenvalue weighted by Gasteiger charge is 2.38. The fourth-order valence-electron chi connectivity index (χ4n) is 4.31. The van der Waals surface area contributed by atoms with Gasteiger partial charge in [0.1, 0.15) is 0 Å². The number of nitrogens with one attached hydrogen (secondary N) is 1. The molecule has 0 aromatic heterocycles. The quantitative estimate of drug-likeness (QED) is 0.819. The number of benzene rings is 1. The minimum atomic E-state index is -0.576. The normalized spacial score (nSPS) is 21.0. The Kier molecular flexibility index (Phi) is 6.76. The Labute approximate surface area is 169 Å². The van der Waals surface area contributed by atoms with Gasteiger partial charge in [-0.1, -0.05) is 36.2 Å². The van der Waals surface area contributed by atoms with Crippen LogP contribution in [0.4, 0.5) is 0 Å². The average Bonchev–Trinajstić information content (AvgIpc) is 3.18. The number of carbonyl (C=O) groups is 2. The molecule has 3 rings (SSSR count). The monoisotopic (exact) mass is 385 g/mol. The summed E-state index contributed by atoms with van der Waals surface area (Å²) in [7, 11) is 0. The lowest BCUT2D eigenvalue weighted by Gasteiger charge is -2.30. The van der Waals surface area contributed by atoms with Crippen LogP contribution in [0.25, 0.3) is 0 Å². The summed E-state index contributed by atoms with van der Waals surface area (Å²) in [5.41, 5.74) is 1.64. The van der Waals surface area contributed by atoms with Gasteiger partial charge in [-0.05, 0) is 58.7 Å². The van der Waals surface area contributed by atoms with Crippen molar-refractivity contribution in [2.75, 3.05) is 39.3 Å². The van der Waals surface area contributed by atoms with Gasteiger partial charge in [0.2, 0.25) is 11.8 Å². The summed E-state index contributed by atoms with van der Waals surface area (Å²) in [6, 6.07) is 8.17. The molecule has 1 atom stereocenters. The first-order chi connectivity index (χ1) is 13.4. The number of nitrogens with zero attached hydrogens (tertiary/aromatic N) is 2. The summed E-state index contributed by atoms with van der Waals surface area (Å²) in [5.74, 6) is 0.125. The third-order valence-electron chi connectivity index (χ3n) is 6.33. The Hall–Kier alpha value is -1.88. The van der Waals surface area contributed by atoms with Gasteiger partial charge in [-0.2, -0.15) is 0 Å². The van der Waals surface area contributed by atoms with Gasteiger partial charge >= 0.3 is 0 Å². The van der Waals surface area contributed by atoms with Crippen LogP contribution in [0.1, 0.15) is 50.7 Å². The Morgan fingerprint density at radius 2 is 1.75 bits per heavy atom. The minimum absolute atomic E-state index is 0.0841. The van der Waals surface area contributed by atoms with Crippen LogP contribution in [-0.4, -0.2) is 60.9 Å². The van der Waals surface area contributed by atoms with E-state index in [2.05, 4.69) is 10.2 Å². The summed E-state index contributed by atoms with van der Waals surface area (Å²) in [6.45, 7) is 11.1. The van der Waals surface area contributed by atoms with Crippen LogP contribution in [-0.2, 0) is 15.0 Å². The van der Waals surface area contributed by atoms with Crippen molar-refractivity contribution in [2.24, 2.45) is 5.92 Å². The number of carbonyl (C=O) groups excluding carboxylic acids is 2. The maximum Gasteiger partial charge on any atom is 0.232 e. The Bertz CT molecular complexity index is 678. The number of rotatable bonds is 6. The van der Waals surface area contributed by atoms with Gasteiger partial charge in [0.05, 0.1) is 11.3 Å². The SMILES string of the molecule is Cc1ccc(C(C)(C)C(=O)N2CC[C@H](C(=O)NCCN3CCCCC3)C2)cc1. The van der Waals surface area contributed by atoms with Crippen LogP contribution in [0.15, 0.2) is 24.3 Å². The van der Waals surface area contributed by atoms with Crippen molar-refractivity contribution in [3.63, 3.8) is 0 Å². The first-order valence-electron chi connectivity index (χ1n) is 10.7. The zero-order chi connectivity index (χ0) is 20.1. The molecular weight excluding hydrogens is 350 g/mol. The molecule has 0 aliphatic carbocycles. The van der Waals surface area contributed by atoms with E-state index in [-0.39, 0.29) is 17.7 Å². The number of aryl methyl sites for hydroxylation is 1. The van der Waals surface area contributed by atoms with E-state index in [1.165, 1.54) is 24.8 Å². The summed E-state index contributed by atoms with van der Waals surface area (Å²) < 4.78 is 0. The van der Waals surface area contributed by atoms with Crippen LogP contribution in [0, 0.1) is 12.8 Å². The first-order valence-corrected chi connectivity index (χ1v) is 10.7. The standard InChI is InChI=1S/C23H35N3O2/c1-18-7-9-20(10-8-18)23(2,3)22(28)26-15-11-19(17-26)21(27)24-12-16-25-13-5-4-6-14-25/h7-10,19H,4-6,11-17H2,1-3H3,(H,24,27)/t19-/m0/s1. The van der Waals surface area contributed by atoms with E-state index in [1.807, 2.05) is 49.9 Å². The summed E-state index contributed by atoms with van der Waals surface area (Å²) >= 11 is 0. The largest absolute Gasteiger partial charge is 0.355 e. The van der Waals surface area contributed by atoms with Gasteiger partial charge in [0.25, 0.3) is 0 Å². The van der Waals surface area contributed by atoms with Crippen LogP contribution in [0.5, 0.6) is 0 Å². The minimum Gasteiger partial charge on any atom is -0.355 e. The average molecular weight is 386 g/mol. The molecule has 28 heavy (non-hydrogen) atoms. The highest BCUT2D eigenvalue weighted by atomic mass is 16.2. The Morgan fingerprint density at radius 1 is 1.07 bits per heavy atom. The maximum atomic E-state index is 13.1. The van der Waals surface area contributed by atoms with Gasteiger partial charge in [0.15, 0.2) is 0 Å². The molecule has 2 aliphatic heterocycles. The Morgan fingerprint density at radius 3 is 2.43 bits per heavy atom. The lowest BCUT2D eigenvalue weighted by atomic mass is 9.83. The van der Waals surface area contributed by atoms with Gasteiger partial charge in [-0.25, -0.2) is 0 Å². The Balaban J connectivity index is 1.48. The van der Waals surface area contributed by atoms with E-state index < -0.39 is 5.41 Å². The lowest BCUT2D eigenvalue weighted by Crippen LogP contribution is -2.44. The second-order valence-electron chi connectivity index (χ2n) is 8.92. The number of hydrogen-bond donors (Lipinski definition) is 1. The molecule has 1 N–H and O–H groups in total. The van der Waals surface area contributed by atoms with Gasteiger partial charge < -0.3 is 15.1 Å². The second kappa shape index (κ2) is 9.08.